The van der Waals surface area contributed by atoms with E-state index in [4.69, 9.17) is 10.8 Å². The molecule has 72 valence electrons. The maximum absolute atomic E-state index is 9.12. The summed E-state index contributed by atoms with van der Waals surface area (Å²) < 4.78 is 0. The highest BCUT2D eigenvalue weighted by atomic mass is 16.3. The Hall–Kier alpha value is -1.02. The number of phenolic OH excluding ortho intramolecular Hbond substituents is 1. The van der Waals surface area contributed by atoms with Gasteiger partial charge in [-0.05, 0) is 43.0 Å². The molecule has 13 heavy (non-hydrogen) atoms. The third-order valence-corrected chi connectivity index (χ3v) is 2.37. The lowest BCUT2D eigenvalue weighted by Crippen LogP contribution is -2.06. The highest BCUT2D eigenvalue weighted by Crippen LogP contribution is 2.23. The minimum atomic E-state index is 0.325. The number of benzene rings is 1. The molecular weight excluding hydrogens is 162 g/mol. The van der Waals surface area contributed by atoms with Gasteiger partial charge in [-0.25, -0.2) is 0 Å². The first-order valence-corrected chi connectivity index (χ1v) is 4.77. The smallest absolute Gasteiger partial charge is 0.115 e. The van der Waals surface area contributed by atoms with E-state index in [-0.39, 0.29) is 0 Å². The van der Waals surface area contributed by atoms with Gasteiger partial charge >= 0.3 is 0 Å². The largest absolute Gasteiger partial charge is 0.508 e. The quantitative estimate of drug-likeness (QED) is 0.744. The van der Waals surface area contributed by atoms with Crippen molar-refractivity contribution in [2.75, 3.05) is 6.54 Å². The normalized spacial score (nSPS) is 12.8. The summed E-state index contributed by atoms with van der Waals surface area (Å²) in [5, 5.41) is 9.12. The van der Waals surface area contributed by atoms with E-state index in [9.17, 15) is 0 Å². The lowest BCUT2D eigenvalue weighted by Gasteiger charge is -2.13. The van der Waals surface area contributed by atoms with E-state index in [0.717, 1.165) is 19.4 Å². The van der Waals surface area contributed by atoms with Crippen molar-refractivity contribution in [2.45, 2.75) is 25.7 Å². The van der Waals surface area contributed by atoms with Crippen LogP contribution in [0.15, 0.2) is 24.3 Å². The second-order valence-electron chi connectivity index (χ2n) is 3.27. The molecule has 1 aromatic rings. The van der Waals surface area contributed by atoms with E-state index in [1.165, 1.54) is 5.56 Å². The number of phenols is 1. The molecular formula is C11H17NO. The fourth-order valence-corrected chi connectivity index (χ4v) is 1.55. The molecule has 0 radical (unpaired) electrons. The molecule has 0 heterocycles. The molecule has 0 saturated carbocycles. The van der Waals surface area contributed by atoms with Crippen LogP contribution in [0.5, 0.6) is 5.75 Å². The van der Waals surface area contributed by atoms with Gasteiger partial charge in [0, 0.05) is 0 Å². The van der Waals surface area contributed by atoms with Crippen molar-refractivity contribution in [3.05, 3.63) is 29.8 Å². The third-order valence-electron chi connectivity index (χ3n) is 2.37. The van der Waals surface area contributed by atoms with Crippen molar-refractivity contribution in [2.24, 2.45) is 5.73 Å². The lowest BCUT2D eigenvalue weighted by atomic mass is 9.93. The zero-order valence-corrected chi connectivity index (χ0v) is 8.03. The van der Waals surface area contributed by atoms with E-state index in [1.54, 1.807) is 12.1 Å². The Labute approximate surface area is 79.4 Å². The summed E-state index contributed by atoms with van der Waals surface area (Å²) in [4.78, 5) is 0. The van der Waals surface area contributed by atoms with E-state index in [2.05, 4.69) is 6.92 Å². The molecule has 1 rings (SSSR count). The van der Waals surface area contributed by atoms with Gasteiger partial charge in [0.15, 0.2) is 0 Å². The highest BCUT2D eigenvalue weighted by molar-refractivity contribution is 5.28. The van der Waals surface area contributed by atoms with Gasteiger partial charge in [-0.3, -0.25) is 0 Å². The van der Waals surface area contributed by atoms with Crippen molar-refractivity contribution in [1.82, 2.24) is 0 Å². The Bertz CT molecular complexity index is 243. The predicted octanol–water partition coefficient (Wildman–Crippen LogP) is 2.23. The van der Waals surface area contributed by atoms with Crippen molar-refractivity contribution >= 4 is 0 Å². The summed E-state index contributed by atoms with van der Waals surface area (Å²) in [7, 11) is 0. The van der Waals surface area contributed by atoms with Crippen molar-refractivity contribution < 1.29 is 5.11 Å². The van der Waals surface area contributed by atoms with E-state index in [0.29, 0.717) is 11.7 Å². The molecule has 3 N–H and O–H groups in total. The third kappa shape index (κ3) is 2.74. The van der Waals surface area contributed by atoms with Gasteiger partial charge in [0.05, 0.1) is 0 Å². The van der Waals surface area contributed by atoms with Gasteiger partial charge in [0.1, 0.15) is 5.75 Å². The van der Waals surface area contributed by atoms with Crippen molar-refractivity contribution in [3.8, 4) is 5.75 Å². The summed E-state index contributed by atoms with van der Waals surface area (Å²) in [6.45, 7) is 2.88. The van der Waals surface area contributed by atoms with Gasteiger partial charge in [-0.1, -0.05) is 19.1 Å². The van der Waals surface area contributed by atoms with E-state index in [1.807, 2.05) is 12.1 Å². The van der Waals surface area contributed by atoms with Crippen LogP contribution in [0.3, 0.4) is 0 Å². The SMILES string of the molecule is CC[C@@H](CCN)c1ccc(O)cc1. The lowest BCUT2D eigenvalue weighted by molar-refractivity contribution is 0.474. The Morgan fingerprint density at radius 3 is 2.38 bits per heavy atom. The second kappa shape index (κ2) is 4.87. The van der Waals surface area contributed by atoms with Gasteiger partial charge in [-0.2, -0.15) is 0 Å². The molecule has 2 heteroatoms. The molecule has 2 nitrogen and oxygen atoms in total. The van der Waals surface area contributed by atoms with E-state index >= 15 is 0 Å². The highest BCUT2D eigenvalue weighted by Gasteiger charge is 2.07. The van der Waals surface area contributed by atoms with Crippen molar-refractivity contribution in [1.29, 1.82) is 0 Å². The van der Waals surface area contributed by atoms with Crippen LogP contribution < -0.4 is 5.73 Å². The first-order valence-electron chi connectivity index (χ1n) is 4.77. The Morgan fingerprint density at radius 2 is 1.92 bits per heavy atom. The zero-order valence-electron chi connectivity index (χ0n) is 8.03. The molecule has 0 bridgehead atoms. The summed E-state index contributed by atoms with van der Waals surface area (Å²) >= 11 is 0. The van der Waals surface area contributed by atoms with Crippen LogP contribution in [0.25, 0.3) is 0 Å². The maximum Gasteiger partial charge on any atom is 0.115 e. The average Bonchev–Trinajstić information content (AvgIpc) is 2.16. The van der Waals surface area contributed by atoms with Crippen LogP contribution >= 0.6 is 0 Å². The average molecular weight is 179 g/mol. The molecule has 1 aromatic carbocycles. The minimum Gasteiger partial charge on any atom is -0.508 e. The van der Waals surface area contributed by atoms with Crippen LogP contribution in [0, 0.1) is 0 Å². The molecule has 0 aliphatic rings. The molecule has 0 aliphatic carbocycles. The molecule has 0 aliphatic heterocycles. The number of rotatable bonds is 4. The topological polar surface area (TPSA) is 46.2 Å². The molecule has 0 aromatic heterocycles. The van der Waals surface area contributed by atoms with Crippen LogP contribution in [-0.2, 0) is 0 Å². The summed E-state index contributed by atoms with van der Waals surface area (Å²) in [5.74, 6) is 0.858. The summed E-state index contributed by atoms with van der Waals surface area (Å²) in [6.07, 6.45) is 2.11. The number of hydrogen-bond donors (Lipinski definition) is 2. The van der Waals surface area contributed by atoms with Crippen LogP contribution in [0.2, 0.25) is 0 Å². The van der Waals surface area contributed by atoms with Gasteiger partial charge in [-0.15, -0.1) is 0 Å². The van der Waals surface area contributed by atoms with Crippen LogP contribution in [0.1, 0.15) is 31.2 Å². The summed E-state index contributed by atoms with van der Waals surface area (Å²) in [6, 6.07) is 7.40. The van der Waals surface area contributed by atoms with Gasteiger partial charge in [0.2, 0.25) is 0 Å². The van der Waals surface area contributed by atoms with Gasteiger partial charge < -0.3 is 10.8 Å². The fraction of sp³-hybridized carbons (Fsp3) is 0.455. The molecule has 0 saturated heterocycles. The van der Waals surface area contributed by atoms with Crippen LogP contribution in [-0.4, -0.2) is 11.7 Å². The monoisotopic (exact) mass is 179 g/mol. The zero-order chi connectivity index (χ0) is 9.68. The van der Waals surface area contributed by atoms with Crippen LogP contribution in [0.4, 0.5) is 0 Å². The maximum atomic E-state index is 9.12. The van der Waals surface area contributed by atoms with E-state index < -0.39 is 0 Å². The molecule has 0 fully saturated rings. The molecule has 0 spiro atoms. The summed E-state index contributed by atoms with van der Waals surface area (Å²) in [5.41, 5.74) is 6.79. The number of aromatic hydroxyl groups is 1. The fourth-order valence-electron chi connectivity index (χ4n) is 1.55. The minimum absolute atomic E-state index is 0.325. The Balaban J connectivity index is 2.73. The standard InChI is InChI=1S/C11H17NO/c1-2-9(7-8-12)10-3-5-11(13)6-4-10/h3-6,9,13H,2,7-8,12H2,1H3/t9-/m0/s1. The predicted molar refractivity (Wildman–Crippen MR) is 54.8 cm³/mol. The Morgan fingerprint density at radius 1 is 1.31 bits per heavy atom. The molecule has 0 amide bonds. The number of hydrogen-bond acceptors (Lipinski definition) is 2. The van der Waals surface area contributed by atoms with Crippen molar-refractivity contribution in [3.63, 3.8) is 0 Å². The van der Waals surface area contributed by atoms with Gasteiger partial charge in [0.25, 0.3) is 0 Å². The first-order chi connectivity index (χ1) is 6.27. The second-order valence-corrected chi connectivity index (χ2v) is 3.27. The molecule has 0 unspecified atom stereocenters. The number of nitrogens with two attached hydrogens (primary N) is 1. The first kappa shape index (κ1) is 10.1. The molecule has 1 atom stereocenters. The Kier molecular flexibility index (Phi) is 3.77.